The number of hydrogen-bond acceptors (Lipinski definition) is 5. The number of nitrogens with zero attached hydrogens (tertiary/aromatic N) is 1. The van der Waals surface area contributed by atoms with Crippen molar-refractivity contribution in [2.75, 3.05) is 13.2 Å². The Morgan fingerprint density at radius 2 is 1.67 bits per heavy atom. The summed E-state index contributed by atoms with van der Waals surface area (Å²) in [5.41, 5.74) is 4.12. The minimum absolute atomic E-state index is 0.0690. The lowest BCUT2D eigenvalue weighted by molar-refractivity contribution is -0.139. The maximum Gasteiger partial charge on any atom is 0.329 e. The van der Waals surface area contributed by atoms with E-state index in [1.165, 1.54) is 12.6 Å². The second-order valence-corrected chi connectivity index (χ2v) is 7.95. The van der Waals surface area contributed by atoms with Gasteiger partial charge < -0.3 is 15.4 Å². The molecule has 1 aliphatic carbocycles. The van der Waals surface area contributed by atoms with Gasteiger partial charge in [-0.05, 0) is 54.7 Å². The Morgan fingerprint density at radius 3 is 2.39 bits per heavy atom. The fourth-order valence-electron chi connectivity index (χ4n) is 3.56. The van der Waals surface area contributed by atoms with E-state index in [2.05, 4.69) is 21.2 Å². The number of nitrogens with one attached hydrogen (secondary N) is 3. The molecule has 2 aromatic rings. The number of carbonyl (C=O) groups excluding carboxylic acids is 3. The van der Waals surface area contributed by atoms with Gasteiger partial charge in [0.25, 0.3) is 5.91 Å². The van der Waals surface area contributed by atoms with Crippen LogP contribution in [0.1, 0.15) is 43.2 Å². The topological polar surface area (TPSA) is 109 Å². The average Bonchev–Trinajstić information content (AvgIpc) is 2.85. The van der Waals surface area contributed by atoms with Crippen LogP contribution < -0.4 is 20.8 Å². The highest BCUT2D eigenvalue weighted by Crippen LogP contribution is 2.17. The summed E-state index contributed by atoms with van der Waals surface area (Å²) in [6.45, 7) is 0.473. The molecule has 0 radical (unpaired) electrons. The summed E-state index contributed by atoms with van der Waals surface area (Å²) in [6.07, 6.45) is 7.34. The van der Waals surface area contributed by atoms with Crippen LogP contribution in [-0.2, 0) is 20.8 Å². The predicted octanol–water partition coefficient (Wildman–Crippen LogP) is 2.32. The van der Waals surface area contributed by atoms with Gasteiger partial charge in [-0.1, -0.05) is 49.6 Å². The molecule has 0 atom stereocenters. The third-order valence-corrected chi connectivity index (χ3v) is 5.36. The van der Waals surface area contributed by atoms with Crippen LogP contribution in [0.5, 0.6) is 5.75 Å². The molecule has 0 bridgehead atoms. The molecule has 2 aromatic carbocycles. The van der Waals surface area contributed by atoms with E-state index in [0.29, 0.717) is 17.9 Å². The van der Waals surface area contributed by atoms with Crippen molar-refractivity contribution < 1.29 is 19.1 Å². The zero-order valence-corrected chi connectivity index (χ0v) is 18.6. The van der Waals surface area contributed by atoms with Gasteiger partial charge in [0.05, 0.1) is 6.21 Å². The van der Waals surface area contributed by atoms with Gasteiger partial charge in [-0.2, -0.15) is 5.10 Å². The Kier molecular flexibility index (Phi) is 9.45. The van der Waals surface area contributed by atoms with Crippen molar-refractivity contribution in [2.24, 2.45) is 5.10 Å². The molecular weight excluding hydrogens is 420 g/mol. The van der Waals surface area contributed by atoms with Gasteiger partial charge in [0.1, 0.15) is 5.75 Å². The Morgan fingerprint density at radius 1 is 0.939 bits per heavy atom. The molecule has 0 unspecified atom stereocenters. The summed E-state index contributed by atoms with van der Waals surface area (Å²) < 4.78 is 5.49. The summed E-state index contributed by atoms with van der Waals surface area (Å²) in [7, 11) is 0. The standard InChI is InChI=1S/C25H30N4O4/c30-23(26-16-15-19-7-3-1-4-8-19)18-33-22-13-11-20(12-14-22)17-27-29-25(32)24(31)28-21-9-5-2-6-10-21/h1,3-4,7-8,11-14,17,21H,2,5-6,9-10,15-16,18H2,(H,26,30)(H,28,31)(H,29,32)/b27-17+. The Hall–Kier alpha value is -3.68. The summed E-state index contributed by atoms with van der Waals surface area (Å²) in [4.78, 5) is 35.7. The molecule has 1 aliphatic rings. The van der Waals surface area contributed by atoms with Crippen LogP contribution in [0.15, 0.2) is 59.7 Å². The zero-order valence-electron chi connectivity index (χ0n) is 18.6. The van der Waals surface area contributed by atoms with Crippen molar-refractivity contribution in [3.8, 4) is 5.75 Å². The second kappa shape index (κ2) is 13.0. The van der Waals surface area contributed by atoms with Crippen molar-refractivity contribution in [2.45, 2.75) is 44.6 Å². The highest BCUT2D eigenvalue weighted by atomic mass is 16.5. The lowest BCUT2D eigenvalue weighted by atomic mass is 9.95. The van der Waals surface area contributed by atoms with Gasteiger partial charge in [0.15, 0.2) is 6.61 Å². The van der Waals surface area contributed by atoms with Crippen molar-refractivity contribution in [3.05, 3.63) is 65.7 Å². The van der Waals surface area contributed by atoms with E-state index in [4.69, 9.17) is 4.74 Å². The van der Waals surface area contributed by atoms with Crippen molar-refractivity contribution >= 4 is 23.9 Å². The maximum absolute atomic E-state index is 11.9. The first-order chi connectivity index (χ1) is 16.1. The molecule has 0 aromatic heterocycles. The third kappa shape index (κ3) is 8.76. The zero-order chi connectivity index (χ0) is 23.3. The number of carbonyl (C=O) groups is 3. The lowest BCUT2D eigenvalue weighted by Crippen LogP contribution is -2.44. The first-order valence-electron chi connectivity index (χ1n) is 11.3. The summed E-state index contributed by atoms with van der Waals surface area (Å²) in [5.74, 6) is -1.09. The molecule has 0 saturated heterocycles. The van der Waals surface area contributed by atoms with Gasteiger partial charge in [0, 0.05) is 12.6 Å². The van der Waals surface area contributed by atoms with Crippen LogP contribution in [0.2, 0.25) is 0 Å². The molecular formula is C25H30N4O4. The number of hydrazone groups is 1. The molecule has 0 spiro atoms. The largest absolute Gasteiger partial charge is 0.484 e. The summed E-state index contributed by atoms with van der Waals surface area (Å²) in [6, 6.07) is 16.9. The van der Waals surface area contributed by atoms with E-state index in [1.54, 1.807) is 24.3 Å². The first-order valence-corrected chi connectivity index (χ1v) is 11.3. The number of benzene rings is 2. The maximum atomic E-state index is 11.9. The van der Waals surface area contributed by atoms with Gasteiger partial charge in [-0.25, -0.2) is 5.43 Å². The minimum Gasteiger partial charge on any atom is -0.484 e. The number of rotatable bonds is 9. The molecule has 0 aliphatic heterocycles. The van der Waals surface area contributed by atoms with E-state index in [0.717, 1.165) is 37.7 Å². The van der Waals surface area contributed by atoms with E-state index in [1.807, 2.05) is 30.3 Å². The third-order valence-electron chi connectivity index (χ3n) is 5.36. The Balaban J connectivity index is 1.33. The van der Waals surface area contributed by atoms with Gasteiger partial charge in [-0.3, -0.25) is 14.4 Å². The van der Waals surface area contributed by atoms with Crippen LogP contribution in [0, 0.1) is 0 Å². The molecule has 0 heterocycles. The predicted molar refractivity (Wildman–Crippen MR) is 126 cm³/mol. The fraction of sp³-hybridized carbons (Fsp3) is 0.360. The molecule has 8 heteroatoms. The molecule has 3 rings (SSSR count). The van der Waals surface area contributed by atoms with Crippen LogP contribution in [0.25, 0.3) is 0 Å². The lowest BCUT2D eigenvalue weighted by Gasteiger charge is -2.22. The van der Waals surface area contributed by atoms with Gasteiger partial charge in [0.2, 0.25) is 0 Å². The quantitative estimate of drug-likeness (QED) is 0.309. The van der Waals surface area contributed by atoms with E-state index in [9.17, 15) is 14.4 Å². The van der Waals surface area contributed by atoms with E-state index in [-0.39, 0.29) is 18.6 Å². The van der Waals surface area contributed by atoms with Crippen molar-refractivity contribution in [1.29, 1.82) is 0 Å². The molecule has 33 heavy (non-hydrogen) atoms. The van der Waals surface area contributed by atoms with E-state index < -0.39 is 11.8 Å². The van der Waals surface area contributed by atoms with Gasteiger partial charge >= 0.3 is 11.8 Å². The monoisotopic (exact) mass is 450 g/mol. The molecule has 8 nitrogen and oxygen atoms in total. The first kappa shape index (κ1) is 24.0. The average molecular weight is 451 g/mol. The van der Waals surface area contributed by atoms with Crippen LogP contribution in [0.4, 0.5) is 0 Å². The highest BCUT2D eigenvalue weighted by Gasteiger charge is 2.19. The summed E-state index contributed by atoms with van der Waals surface area (Å²) >= 11 is 0. The van der Waals surface area contributed by atoms with Crippen molar-refractivity contribution in [3.63, 3.8) is 0 Å². The SMILES string of the molecule is O=C(COc1ccc(/C=N/NC(=O)C(=O)NC2CCCCC2)cc1)NCCc1ccccc1. The second-order valence-electron chi connectivity index (χ2n) is 7.95. The number of amides is 3. The highest BCUT2D eigenvalue weighted by molar-refractivity contribution is 6.35. The van der Waals surface area contributed by atoms with Crippen LogP contribution >= 0.6 is 0 Å². The Labute approximate surface area is 193 Å². The minimum atomic E-state index is -0.782. The van der Waals surface area contributed by atoms with Crippen LogP contribution in [0.3, 0.4) is 0 Å². The fourth-order valence-corrected chi connectivity index (χ4v) is 3.56. The van der Waals surface area contributed by atoms with E-state index >= 15 is 0 Å². The van der Waals surface area contributed by atoms with Crippen molar-refractivity contribution in [1.82, 2.24) is 16.1 Å². The summed E-state index contributed by atoms with van der Waals surface area (Å²) in [5, 5.41) is 9.40. The molecule has 3 amide bonds. The van der Waals surface area contributed by atoms with Gasteiger partial charge in [-0.15, -0.1) is 0 Å². The molecule has 174 valence electrons. The number of hydrogen-bond donors (Lipinski definition) is 3. The smallest absolute Gasteiger partial charge is 0.329 e. The van der Waals surface area contributed by atoms with Crippen LogP contribution in [-0.4, -0.2) is 43.1 Å². The number of ether oxygens (including phenoxy) is 1. The Bertz CT molecular complexity index is 939. The molecule has 1 fully saturated rings. The normalized spacial score (nSPS) is 13.9. The molecule has 1 saturated carbocycles. The molecule has 3 N–H and O–H groups in total.